The number of aromatic hydroxyl groups is 1. The van der Waals surface area contributed by atoms with Crippen LogP contribution in [0.4, 0.5) is 11.4 Å². The van der Waals surface area contributed by atoms with Gasteiger partial charge in [0.15, 0.2) is 0 Å². The van der Waals surface area contributed by atoms with Crippen molar-refractivity contribution in [3.8, 4) is 11.5 Å². The molecule has 0 aliphatic carbocycles. The van der Waals surface area contributed by atoms with E-state index in [0.717, 1.165) is 6.21 Å². The van der Waals surface area contributed by atoms with Crippen molar-refractivity contribution in [3.63, 3.8) is 0 Å². The van der Waals surface area contributed by atoms with Gasteiger partial charge in [-0.1, -0.05) is 28.1 Å². The van der Waals surface area contributed by atoms with Gasteiger partial charge in [-0.3, -0.25) is 14.9 Å². The molecule has 0 spiro atoms. The maximum Gasteiger partial charge on any atom is 0.312 e. The summed E-state index contributed by atoms with van der Waals surface area (Å²) in [5.41, 5.74) is 2.58. The zero-order valence-electron chi connectivity index (χ0n) is 14.5. The number of benzene rings is 2. The molecule has 0 unspecified atom stereocenters. The molecule has 3 N–H and O–H groups in total. The number of rotatable bonds is 7. The molecule has 2 rings (SSSR count). The average Bonchev–Trinajstić information content (AvgIpc) is 2.64. The van der Waals surface area contributed by atoms with Crippen LogP contribution in [0.1, 0.15) is 12.5 Å². The van der Waals surface area contributed by atoms with Crippen LogP contribution in [0.2, 0.25) is 0 Å². The largest absolute Gasteiger partial charge is 0.502 e. The number of phenolic OH excluding ortho intramolecular Hbond substituents is 1. The van der Waals surface area contributed by atoms with E-state index in [4.69, 9.17) is 4.74 Å². The lowest BCUT2D eigenvalue weighted by molar-refractivity contribution is -0.385. The number of carbonyl (C=O) groups excluding carboxylic acids is 1. The van der Waals surface area contributed by atoms with Crippen LogP contribution in [0.5, 0.6) is 11.5 Å². The number of carbonyl (C=O) groups is 1. The van der Waals surface area contributed by atoms with E-state index in [0.29, 0.717) is 15.9 Å². The molecule has 0 heterocycles. The Kier molecular flexibility index (Phi) is 6.72. The zero-order valence-corrected chi connectivity index (χ0v) is 16.1. The van der Waals surface area contributed by atoms with E-state index in [1.165, 1.54) is 19.2 Å². The lowest BCUT2D eigenvalue weighted by atomic mass is 10.2. The molecule has 2 aromatic rings. The summed E-state index contributed by atoms with van der Waals surface area (Å²) in [5.74, 6) is -0.394. The predicted molar refractivity (Wildman–Crippen MR) is 104 cm³/mol. The number of halogens is 1. The fourth-order valence-electron chi connectivity index (χ4n) is 2.17. The van der Waals surface area contributed by atoms with Crippen LogP contribution in [0, 0.1) is 10.1 Å². The summed E-state index contributed by atoms with van der Waals surface area (Å²) >= 11 is 3.12. The third-order valence-electron chi connectivity index (χ3n) is 3.53. The summed E-state index contributed by atoms with van der Waals surface area (Å²) in [6.45, 7) is 1.64. The monoisotopic (exact) mass is 436 g/mol. The Labute approximate surface area is 163 Å². The second-order valence-corrected chi connectivity index (χ2v) is 6.34. The Morgan fingerprint density at radius 3 is 2.78 bits per heavy atom. The van der Waals surface area contributed by atoms with Crippen LogP contribution in [0.3, 0.4) is 0 Å². The molecule has 0 fully saturated rings. The maximum absolute atomic E-state index is 12.2. The van der Waals surface area contributed by atoms with Gasteiger partial charge in [0, 0.05) is 16.1 Å². The van der Waals surface area contributed by atoms with E-state index in [1.54, 1.807) is 25.1 Å². The second-order valence-electron chi connectivity index (χ2n) is 5.42. The topological polar surface area (TPSA) is 126 Å². The molecule has 10 heteroatoms. The Morgan fingerprint density at radius 1 is 1.41 bits per heavy atom. The third kappa shape index (κ3) is 5.17. The van der Waals surface area contributed by atoms with Gasteiger partial charge in [-0.2, -0.15) is 5.10 Å². The van der Waals surface area contributed by atoms with E-state index in [2.05, 4.69) is 31.8 Å². The number of anilines is 1. The number of nitro benzene ring substituents is 1. The predicted octanol–water partition coefficient (Wildman–Crippen LogP) is 3.02. The van der Waals surface area contributed by atoms with E-state index in [1.807, 2.05) is 6.07 Å². The van der Waals surface area contributed by atoms with Crippen molar-refractivity contribution in [2.24, 2.45) is 5.10 Å². The first-order chi connectivity index (χ1) is 12.8. The number of phenols is 1. The van der Waals surface area contributed by atoms with E-state index < -0.39 is 28.3 Å². The molecule has 0 aromatic heterocycles. The molecular formula is C17H17BrN4O5. The van der Waals surface area contributed by atoms with Gasteiger partial charge < -0.3 is 15.2 Å². The fourth-order valence-corrected chi connectivity index (χ4v) is 2.63. The highest BCUT2D eigenvalue weighted by Crippen LogP contribution is 2.32. The van der Waals surface area contributed by atoms with Gasteiger partial charge >= 0.3 is 5.69 Å². The first kappa shape index (κ1) is 20.2. The number of methoxy groups -OCH3 is 1. The van der Waals surface area contributed by atoms with Crippen molar-refractivity contribution in [3.05, 3.63) is 56.5 Å². The quantitative estimate of drug-likeness (QED) is 0.347. The highest BCUT2D eigenvalue weighted by molar-refractivity contribution is 9.10. The number of hydrogen-bond acceptors (Lipinski definition) is 7. The Hall–Kier alpha value is -3.14. The first-order valence-electron chi connectivity index (χ1n) is 7.73. The Bertz CT molecular complexity index is 888. The van der Waals surface area contributed by atoms with Gasteiger partial charge in [-0.05, 0) is 25.1 Å². The maximum atomic E-state index is 12.2. The van der Waals surface area contributed by atoms with Crippen molar-refractivity contribution < 1.29 is 19.6 Å². The lowest BCUT2D eigenvalue weighted by Crippen LogP contribution is -2.35. The highest BCUT2D eigenvalue weighted by Gasteiger charge is 2.18. The molecule has 142 valence electrons. The van der Waals surface area contributed by atoms with Crippen LogP contribution in [-0.2, 0) is 4.79 Å². The van der Waals surface area contributed by atoms with E-state index in [9.17, 15) is 20.0 Å². The molecule has 27 heavy (non-hydrogen) atoms. The number of nitro groups is 1. The standard InChI is InChI=1S/C17H17BrN4O5/c1-10(20-13-5-3-4-6-15(13)27-2)17(24)21-19-9-11-7-12(18)8-14(16(11)23)22(25)26/h3-10,20,23H,1-2H3,(H,21,24)/b19-9-/t10-/m0/s1. The number of ether oxygens (including phenoxy) is 1. The molecule has 0 aliphatic heterocycles. The molecular weight excluding hydrogens is 420 g/mol. The molecule has 0 aliphatic rings. The summed E-state index contributed by atoms with van der Waals surface area (Å²) in [5, 5.41) is 27.6. The SMILES string of the molecule is COc1ccccc1N[C@@H](C)C(=O)N/N=C\c1cc(Br)cc([N+](=O)[O-])c1O. The number of nitrogens with one attached hydrogen (secondary N) is 2. The normalized spacial score (nSPS) is 11.8. The summed E-state index contributed by atoms with van der Waals surface area (Å²) in [6.07, 6.45) is 1.13. The average molecular weight is 437 g/mol. The molecule has 9 nitrogen and oxygen atoms in total. The number of hydrogen-bond donors (Lipinski definition) is 3. The second kappa shape index (κ2) is 8.99. The summed E-state index contributed by atoms with van der Waals surface area (Å²) < 4.78 is 5.60. The minimum atomic E-state index is -0.713. The third-order valence-corrected chi connectivity index (χ3v) is 3.99. The minimum Gasteiger partial charge on any atom is -0.502 e. The summed E-state index contributed by atoms with van der Waals surface area (Å²) in [4.78, 5) is 22.4. The van der Waals surface area contributed by atoms with Crippen molar-refractivity contribution in [2.75, 3.05) is 12.4 Å². The van der Waals surface area contributed by atoms with Gasteiger partial charge in [0.1, 0.15) is 11.8 Å². The highest BCUT2D eigenvalue weighted by atomic mass is 79.9. The van der Waals surface area contributed by atoms with Crippen LogP contribution < -0.4 is 15.5 Å². The summed E-state index contributed by atoms with van der Waals surface area (Å²) in [6, 6.07) is 9.11. The Balaban J connectivity index is 2.06. The number of amides is 1. The van der Waals surface area contributed by atoms with Gasteiger partial charge in [-0.15, -0.1) is 0 Å². The van der Waals surface area contributed by atoms with Gasteiger partial charge in [0.2, 0.25) is 5.75 Å². The number of nitrogens with zero attached hydrogens (tertiary/aromatic N) is 2. The van der Waals surface area contributed by atoms with Crippen LogP contribution in [-0.4, -0.2) is 35.3 Å². The van der Waals surface area contributed by atoms with Crippen LogP contribution >= 0.6 is 15.9 Å². The fraction of sp³-hybridized carbons (Fsp3) is 0.176. The van der Waals surface area contributed by atoms with Crippen LogP contribution in [0.25, 0.3) is 0 Å². The van der Waals surface area contributed by atoms with Gasteiger partial charge in [0.05, 0.1) is 23.9 Å². The van der Waals surface area contributed by atoms with Crippen LogP contribution in [0.15, 0.2) is 46.0 Å². The molecule has 0 bridgehead atoms. The molecule has 0 radical (unpaired) electrons. The number of para-hydroxylation sites is 2. The molecule has 1 amide bonds. The van der Waals surface area contributed by atoms with Crippen molar-refractivity contribution in [2.45, 2.75) is 13.0 Å². The van der Waals surface area contributed by atoms with Gasteiger partial charge in [0.25, 0.3) is 5.91 Å². The molecule has 0 saturated heterocycles. The molecule has 1 atom stereocenters. The first-order valence-corrected chi connectivity index (χ1v) is 8.52. The Morgan fingerprint density at radius 2 is 2.11 bits per heavy atom. The van der Waals surface area contributed by atoms with E-state index in [-0.39, 0.29) is 5.56 Å². The minimum absolute atomic E-state index is 0.0849. The smallest absolute Gasteiger partial charge is 0.312 e. The lowest BCUT2D eigenvalue weighted by Gasteiger charge is -2.15. The number of hydrazone groups is 1. The van der Waals surface area contributed by atoms with Crippen molar-refractivity contribution in [1.82, 2.24) is 5.43 Å². The van der Waals surface area contributed by atoms with Gasteiger partial charge in [-0.25, -0.2) is 5.43 Å². The van der Waals surface area contributed by atoms with Crippen molar-refractivity contribution >= 4 is 39.4 Å². The van der Waals surface area contributed by atoms with Crippen molar-refractivity contribution in [1.29, 1.82) is 0 Å². The zero-order chi connectivity index (χ0) is 20.0. The summed E-state index contributed by atoms with van der Waals surface area (Å²) in [7, 11) is 1.53. The van der Waals surface area contributed by atoms with E-state index >= 15 is 0 Å². The molecule has 0 saturated carbocycles. The molecule has 2 aromatic carbocycles.